The van der Waals surface area contributed by atoms with Gasteiger partial charge in [0, 0.05) is 24.2 Å². The van der Waals surface area contributed by atoms with E-state index in [-0.39, 0.29) is 35.1 Å². The zero-order valence-electron chi connectivity index (χ0n) is 15.5. The lowest BCUT2D eigenvalue weighted by molar-refractivity contribution is -0.140. The Balaban J connectivity index is 2.04. The average molecular weight is 408 g/mol. The van der Waals surface area contributed by atoms with Crippen LogP contribution in [0.4, 0.5) is 10.1 Å². The fraction of sp³-hybridized carbons (Fsp3) is 0.263. The number of ether oxygens (including phenoxy) is 1. The van der Waals surface area contributed by atoms with Crippen molar-refractivity contribution in [2.75, 3.05) is 18.4 Å². The van der Waals surface area contributed by atoms with E-state index in [9.17, 15) is 22.4 Å². The summed E-state index contributed by atoms with van der Waals surface area (Å²) in [6, 6.07) is 9.53. The Bertz CT molecular complexity index is 976. The Morgan fingerprint density at radius 3 is 2.57 bits per heavy atom. The minimum absolute atomic E-state index is 0.170. The van der Waals surface area contributed by atoms with Crippen LogP contribution in [-0.2, 0) is 19.6 Å². The van der Waals surface area contributed by atoms with Gasteiger partial charge in [0.2, 0.25) is 0 Å². The molecule has 2 rings (SSSR count). The van der Waals surface area contributed by atoms with Crippen LogP contribution in [0.1, 0.15) is 28.8 Å². The first-order valence-electron chi connectivity index (χ1n) is 8.47. The van der Waals surface area contributed by atoms with Gasteiger partial charge in [0.1, 0.15) is 5.82 Å². The van der Waals surface area contributed by atoms with Crippen molar-refractivity contribution in [3.05, 3.63) is 59.4 Å². The maximum absolute atomic E-state index is 13.7. The van der Waals surface area contributed by atoms with Crippen molar-refractivity contribution in [3.63, 3.8) is 0 Å². The van der Waals surface area contributed by atoms with Crippen molar-refractivity contribution in [2.24, 2.45) is 0 Å². The van der Waals surface area contributed by atoms with Crippen LogP contribution in [0.5, 0.6) is 0 Å². The van der Waals surface area contributed by atoms with Crippen LogP contribution in [-0.4, -0.2) is 33.9 Å². The van der Waals surface area contributed by atoms with Crippen molar-refractivity contribution in [1.82, 2.24) is 5.32 Å². The molecule has 0 radical (unpaired) electrons. The van der Waals surface area contributed by atoms with Crippen molar-refractivity contribution < 1.29 is 27.1 Å². The van der Waals surface area contributed by atoms with Gasteiger partial charge in [0.05, 0.1) is 12.0 Å². The summed E-state index contributed by atoms with van der Waals surface area (Å²) in [5.41, 5.74) is 0.751. The standard InChI is InChI=1S/C19H21FN2O5S/c1-13-8-9-16(12-17(13)20)28(25,26)22-15-6-3-5-14(11-15)19(24)21-10-4-7-18(23)27-2/h3,5-6,8-9,11-12,22H,4,7,10H2,1-2H3,(H,21,24). The van der Waals surface area contributed by atoms with Gasteiger partial charge < -0.3 is 10.1 Å². The zero-order chi connectivity index (χ0) is 20.7. The van der Waals surface area contributed by atoms with Crippen LogP contribution in [0.2, 0.25) is 0 Å². The molecule has 0 aliphatic rings. The Hall–Kier alpha value is -2.94. The number of sulfonamides is 1. The number of amides is 1. The second-order valence-corrected chi connectivity index (χ2v) is 7.72. The van der Waals surface area contributed by atoms with E-state index in [1.807, 2.05) is 0 Å². The number of halogens is 1. The second-order valence-electron chi connectivity index (χ2n) is 6.03. The molecule has 28 heavy (non-hydrogen) atoms. The SMILES string of the molecule is COC(=O)CCCNC(=O)c1cccc(NS(=O)(=O)c2ccc(C)c(F)c2)c1. The van der Waals surface area contributed by atoms with Gasteiger partial charge in [-0.2, -0.15) is 0 Å². The summed E-state index contributed by atoms with van der Waals surface area (Å²) in [6.45, 7) is 1.80. The summed E-state index contributed by atoms with van der Waals surface area (Å²) < 4.78 is 45.4. The number of carbonyl (C=O) groups excluding carboxylic acids is 2. The highest BCUT2D eigenvalue weighted by molar-refractivity contribution is 7.92. The quantitative estimate of drug-likeness (QED) is 0.516. The van der Waals surface area contributed by atoms with Gasteiger partial charge in [-0.25, -0.2) is 12.8 Å². The smallest absolute Gasteiger partial charge is 0.305 e. The molecular formula is C19H21FN2O5S. The van der Waals surface area contributed by atoms with Gasteiger partial charge >= 0.3 is 5.97 Å². The molecule has 9 heteroatoms. The zero-order valence-corrected chi connectivity index (χ0v) is 16.3. The number of nitrogens with one attached hydrogen (secondary N) is 2. The summed E-state index contributed by atoms with van der Waals surface area (Å²) in [5, 5.41) is 2.64. The third-order valence-corrected chi connectivity index (χ3v) is 5.28. The van der Waals surface area contributed by atoms with E-state index in [0.717, 1.165) is 6.07 Å². The molecule has 0 unspecified atom stereocenters. The molecule has 0 bridgehead atoms. The number of anilines is 1. The average Bonchev–Trinajstić information content (AvgIpc) is 2.66. The third kappa shape index (κ3) is 5.78. The summed E-state index contributed by atoms with van der Waals surface area (Å²) in [7, 11) is -2.71. The molecule has 0 aliphatic carbocycles. The first-order valence-corrected chi connectivity index (χ1v) is 9.95. The molecule has 0 fully saturated rings. The van der Waals surface area contributed by atoms with Crippen molar-refractivity contribution >= 4 is 27.6 Å². The Labute approximate surface area is 163 Å². The molecule has 2 N–H and O–H groups in total. The van der Waals surface area contributed by atoms with Gasteiger partial charge in [0.25, 0.3) is 15.9 Å². The lowest BCUT2D eigenvalue weighted by atomic mass is 10.2. The monoisotopic (exact) mass is 408 g/mol. The van der Waals surface area contributed by atoms with Crippen LogP contribution in [0, 0.1) is 12.7 Å². The fourth-order valence-electron chi connectivity index (χ4n) is 2.32. The molecule has 2 aromatic carbocycles. The lowest BCUT2D eigenvalue weighted by Crippen LogP contribution is -2.25. The highest BCUT2D eigenvalue weighted by Crippen LogP contribution is 2.19. The van der Waals surface area contributed by atoms with E-state index in [1.54, 1.807) is 0 Å². The van der Waals surface area contributed by atoms with Crippen molar-refractivity contribution in [3.8, 4) is 0 Å². The van der Waals surface area contributed by atoms with E-state index in [2.05, 4.69) is 14.8 Å². The van der Waals surface area contributed by atoms with E-state index in [4.69, 9.17) is 0 Å². The second kappa shape index (κ2) is 9.32. The summed E-state index contributed by atoms with van der Waals surface area (Å²) in [5.74, 6) is -1.39. The first kappa shape index (κ1) is 21.4. The maximum Gasteiger partial charge on any atom is 0.305 e. The predicted octanol–water partition coefficient (Wildman–Crippen LogP) is 2.62. The number of carbonyl (C=O) groups is 2. The molecule has 2 aromatic rings. The molecular weight excluding hydrogens is 387 g/mol. The molecule has 1 amide bonds. The summed E-state index contributed by atoms with van der Waals surface area (Å²) in [6.07, 6.45) is 0.605. The number of methoxy groups -OCH3 is 1. The van der Waals surface area contributed by atoms with Gasteiger partial charge in [-0.1, -0.05) is 12.1 Å². The maximum atomic E-state index is 13.7. The minimum Gasteiger partial charge on any atom is -0.469 e. The normalized spacial score (nSPS) is 11.0. The van der Waals surface area contributed by atoms with Crippen molar-refractivity contribution in [1.29, 1.82) is 0 Å². The van der Waals surface area contributed by atoms with Crippen molar-refractivity contribution in [2.45, 2.75) is 24.7 Å². The third-order valence-electron chi connectivity index (χ3n) is 3.90. The summed E-state index contributed by atoms with van der Waals surface area (Å²) >= 11 is 0. The van der Waals surface area contributed by atoms with Crippen LogP contribution in [0.25, 0.3) is 0 Å². The molecule has 0 saturated heterocycles. The summed E-state index contributed by atoms with van der Waals surface area (Å²) in [4.78, 5) is 23.0. The molecule has 150 valence electrons. The highest BCUT2D eigenvalue weighted by Gasteiger charge is 2.16. The number of hydrogen-bond acceptors (Lipinski definition) is 5. The van der Waals surface area contributed by atoms with E-state index in [0.29, 0.717) is 12.0 Å². The number of benzene rings is 2. The van der Waals surface area contributed by atoms with E-state index in [1.165, 1.54) is 50.4 Å². The minimum atomic E-state index is -4.00. The van der Waals surface area contributed by atoms with Crippen LogP contribution >= 0.6 is 0 Å². The first-order chi connectivity index (χ1) is 13.2. The molecule has 0 heterocycles. The number of hydrogen-bond donors (Lipinski definition) is 2. The predicted molar refractivity (Wildman–Crippen MR) is 102 cm³/mol. The van der Waals surface area contributed by atoms with Crippen LogP contribution in [0.15, 0.2) is 47.4 Å². The van der Waals surface area contributed by atoms with Gasteiger partial charge in [-0.15, -0.1) is 0 Å². The lowest BCUT2D eigenvalue weighted by Gasteiger charge is -2.10. The largest absolute Gasteiger partial charge is 0.469 e. The Morgan fingerprint density at radius 2 is 1.89 bits per heavy atom. The topological polar surface area (TPSA) is 102 Å². The van der Waals surface area contributed by atoms with Gasteiger partial charge in [-0.05, 0) is 49.2 Å². The van der Waals surface area contributed by atoms with Crippen LogP contribution < -0.4 is 10.0 Å². The van der Waals surface area contributed by atoms with E-state index >= 15 is 0 Å². The molecule has 0 spiro atoms. The van der Waals surface area contributed by atoms with E-state index < -0.39 is 21.7 Å². The Kier molecular flexibility index (Phi) is 7.11. The molecule has 0 atom stereocenters. The molecule has 0 aromatic heterocycles. The molecule has 0 saturated carbocycles. The number of aryl methyl sites for hydroxylation is 1. The van der Waals surface area contributed by atoms with Crippen LogP contribution in [0.3, 0.4) is 0 Å². The molecule has 0 aliphatic heterocycles. The number of esters is 1. The Morgan fingerprint density at radius 1 is 1.14 bits per heavy atom. The van der Waals surface area contributed by atoms with Gasteiger partial charge in [-0.3, -0.25) is 14.3 Å². The number of rotatable bonds is 8. The highest BCUT2D eigenvalue weighted by atomic mass is 32.2. The molecule has 7 nitrogen and oxygen atoms in total. The fourth-order valence-corrected chi connectivity index (χ4v) is 3.38. The van der Waals surface area contributed by atoms with Gasteiger partial charge in [0.15, 0.2) is 0 Å².